The number of fused-ring (bicyclic) bond motifs is 1. The highest BCUT2D eigenvalue weighted by molar-refractivity contribution is 6.10. The number of anilines is 1. The maximum Gasteiger partial charge on any atom is 0.266 e. The summed E-state index contributed by atoms with van der Waals surface area (Å²) < 4.78 is 0. The molecule has 2 N–H and O–H groups in total. The minimum Gasteiger partial charge on any atom is -0.361 e. The average molecular weight is 315 g/mol. The van der Waals surface area contributed by atoms with Crippen molar-refractivity contribution in [1.82, 2.24) is 4.98 Å². The van der Waals surface area contributed by atoms with E-state index in [-0.39, 0.29) is 5.57 Å². The summed E-state index contributed by atoms with van der Waals surface area (Å²) in [5.41, 5.74) is 4.78. The Morgan fingerprint density at radius 1 is 1.17 bits per heavy atom. The number of carbonyl (C=O) groups is 1. The Labute approximate surface area is 140 Å². The van der Waals surface area contributed by atoms with Crippen molar-refractivity contribution >= 4 is 28.6 Å². The summed E-state index contributed by atoms with van der Waals surface area (Å²) >= 11 is 0. The van der Waals surface area contributed by atoms with Crippen molar-refractivity contribution in [2.75, 3.05) is 5.32 Å². The molecule has 0 saturated heterocycles. The first-order valence-corrected chi connectivity index (χ1v) is 7.65. The van der Waals surface area contributed by atoms with Gasteiger partial charge in [0.15, 0.2) is 0 Å². The molecule has 1 aromatic heterocycles. The lowest BCUT2D eigenvalue weighted by Gasteiger charge is -2.07. The zero-order valence-corrected chi connectivity index (χ0v) is 13.6. The van der Waals surface area contributed by atoms with Gasteiger partial charge in [0.25, 0.3) is 5.91 Å². The van der Waals surface area contributed by atoms with Crippen LogP contribution in [0.3, 0.4) is 0 Å². The second-order valence-corrected chi connectivity index (χ2v) is 5.71. The van der Waals surface area contributed by atoms with Crippen LogP contribution in [0.15, 0.2) is 54.2 Å². The Hall–Kier alpha value is -3.32. The molecule has 118 valence electrons. The number of aromatic amines is 1. The number of nitrogens with zero attached hydrogens (tertiary/aromatic N) is 1. The Kier molecular flexibility index (Phi) is 4.17. The van der Waals surface area contributed by atoms with Crippen molar-refractivity contribution < 1.29 is 4.79 Å². The van der Waals surface area contributed by atoms with E-state index in [2.05, 4.69) is 10.3 Å². The Bertz CT molecular complexity index is 990. The van der Waals surface area contributed by atoms with Crippen molar-refractivity contribution in [3.63, 3.8) is 0 Å². The number of amides is 1. The lowest BCUT2D eigenvalue weighted by Crippen LogP contribution is -2.13. The molecule has 0 fully saturated rings. The number of benzene rings is 2. The third-order valence-corrected chi connectivity index (χ3v) is 4.05. The van der Waals surface area contributed by atoms with Crippen molar-refractivity contribution in [2.24, 2.45) is 0 Å². The number of hydrogen-bond acceptors (Lipinski definition) is 2. The molecule has 1 amide bonds. The fourth-order valence-corrected chi connectivity index (χ4v) is 2.54. The van der Waals surface area contributed by atoms with Gasteiger partial charge in [0.1, 0.15) is 11.6 Å². The first kappa shape index (κ1) is 15.6. The first-order chi connectivity index (χ1) is 11.6. The quantitative estimate of drug-likeness (QED) is 0.558. The van der Waals surface area contributed by atoms with Crippen molar-refractivity contribution in [1.29, 1.82) is 5.26 Å². The van der Waals surface area contributed by atoms with E-state index in [0.717, 1.165) is 27.6 Å². The molecule has 0 spiro atoms. The molecule has 3 rings (SSSR count). The number of nitrogens with one attached hydrogen (secondary N) is 2. The van der Waals surface area contributed by atoms with Crippen LogP contribution in [-0.4, -0.2) is 10.9 Å². The monoisotopic (exact) mass is 315 g/mol. The smallest absolute Gasteiger partial charge is 0.266 e. The van der Waals surface area contributed by atoms with Gasteiger partial charge in [-0.25, -0.2) is 0 Å². The third kappa shape index (κ3) is 3.06. The van der Waals surface area contributed by atoms with Crippen molar-refractivity contribution in [3.8, 4) is 6.07 Å². The normalized spacial score (nSPS) is 11.3. The van der Waals surface area contributed by atoms with Crippen LogP contribution in [-0.2, 0) is 4.79 Å². The van der Waals surface area contributed by atoms with Gasteiger partial charge in [-0.15, -0.1) is 0 Å². The largest absolute Gasteiger partial charge is 0.361 e. The molecule has 0 bridgehead atoms. The number of hydrogen-bond donors (Lipinski definition) is 2. The molecule has 4 nitrogen and oxygen atoms in total. The second-order valence-electron chi connectivity index (χ2n) is 5.71. The van der Waals surface area contributed by atoms with E-state index in [1.807, 2.05) is 62.4 Å². The van der Waals surface area contributed by atoms with Gasteiger partial charge in [0, 0.05) is 28.4 Å². The summed E-state index contributed by atoms with van der Waals surface area (Å²) in [5, 5.41) is 13.1. The summed E-state index contributed by atoms with van der Waals surface area (Å²) in [6, 6.07) is 15.4. The topological polar surface area (TPSA) is 68.7 Å². The van der Waals surface area contributed by atoms with E-state index in [1.165, 1.54) is 0 Å². The molecule has 0 saturated carbocycles. The number of rotatable bonds is 3. The van der Waals surface area contributed by atoms with Crippen molar-refractivity contribution in [2.45, 2.75) is 13.8 Å². The molecule has 3 aromatic rings. The number of aromatic nitrogens is 1. The third-order valence-electron chi connectivity index (χ3n) is 4.05. The Balaban J connectivity index is 1.89. The molecule has 4 heteroatoms. The van der Waals surface area contributed by atoms with Gasteiger partial charge in [-0.2, -0.15) is 5.26 Å². The predicted octanol–water partition coefficient (Wildman–Crippen LogP) is 4.33. The molecule has 0 aliphatic rings. The molecule has 0 aliphatic carbocycles. The van der Waals surface area contributed by atoms with Crippen LogP contribution in [0.4, 0.5) is 5.69 Å². The summed E-state index contributed by atoms with van der Waals surface area (Å²) in [6.45, 7) is 4.00. The van der Waals surface area contributed by atoms with Gasteiger partial charge in [0.2, 0.25) is 0 Å². The number of H-pyrrole nitrogens is 1. The molecule has 0 radical (unpaired) electrons. The first-order valence-electron chi connectivity index (χ1n) is 7.65. The molecule has 2 aromatic carbocycles. The van der Waals surface area contributed by atoms with E-state index in [4.69, 9.17) is 0 Å². The minimum absolute atomic E-state index is 0.0676. The Morgan fingerprint density at radius 2 is 1.96 bits per heavy atom. The van der Waals surface area contributed by atoms with E-state index < -0.39 is 5.91 Å². The fourth-order valence-electron chi connectivity index (χ4n) is 2.54. The molecule has 0 atom stereocenters. The summed E-state index contributed by atoms with van der Waals surface area (Å²) in [4.78, 5) is 15.5. The van der Waals surface area contributed by atoms with Crippen LogP contribution >= 0.6 is 0 Å². The van der Waals surface area contributed by atoms with E-state index >= 15 is 0 Å². The summed E-state index contributed by atoms with van der Waals surface area (Å²) in [6.07, 6.45) is 3.40. The maximum atomic E-state index is 12.4. The summed E-state index contributed by atoms with van der Waals surface area (Å²) in [5.74, 6) is -0.411. The number of carbonyl (C=O) groups excluding carboxylic acids is 1. The standard InChI is InChI=1S/C20H17N3O/c1-13-7-8-17(9-14(13)2)23-20(24)15(11-21)10-16-12-22-19-6-4-3-5-18(16)19/h3-10,12,22H,1-2H3,(H,23,24). The summed E-state index contributed by atoms with van der Waals surface area (Å²) in [7, 11) is 0. The van der Waals surface area contributed by atoms with Gasteiger partial charge in [-0.1, -0.05) is 24.3 Å². The highest BCUT2D eigenvalue weighted by Crippen LogP contribution is 2.21. The highest BCUT2D eigenvalue weighted by atomic mass is 16.1. The predicted molar refractivity (Wildman–Crippen MR) is 96.4 cm³/mol. The molecule has 0 aliphatic heterocycles. The fraction of sp³-hybridized carbons (Fsp3) is 0.100. The molecular weight excluding hydrogens is 298 g/mol. The lowest BCUT2D eigenvalue weighted by atomic mass is 10.1. The van der Waals surface area contributed by atoms with Crippen molar-refractivity contribution in [3.05, 3.63) is 70.9 Å². The molecular formula is C20H17N3O. The van der Waals surface area contributed by atoms with E-state index in [1.54, 1.807) is 12.3 Å². The molecule has 1 heterocycles. The van der Waals surface area contributed by atoms with Gasteiger partial charge < -0.3 is 10.3 Å². The average Bonchev–Trinajstić information content (AvgIpc) is 2.99. The number of aryl methyl sites for hydroxylation is 2. The molecule has 0 unspecified atom stereocenters. The number of para-hydroxylation sites is 1. The SMILES string of the molecule is Cc1ccc(NC(=O)C(C#N)=Cc2c[nH]c3ccccc23)cc1C. The maximum absolute atomic E-state index is 12.4. The zero-order valence-electron chi connectivity index (χ0n) is 13.6. The van der Waals surface area contributed by atoms with E-state index in [9.17, 15) is 10.1 Å². The Morgan fingerprint density at radius 3 is 2.71 bits per heavy atom. The molecule has 24 heavy (non-hydrogen) atoms. The van der Waals surface area contributed by atoms with Crippen LogP contribution < -0.4 is 5.32 Å². The van der Waals surface area contributed by atoms with Crippen LogP contribution in [0.5, 0.6) is 0 Å². The lowest BCUT2D eigenvalue weighted by molar-refractivity contribution is -0.112. The van der Waals surface area contributed by atoms with Gasteiger partial charge in [0.05, 0.1) is 0 Å². The number of nitriles is 1. The van der Waals surface area contributed by atoms with Crippen LogP contribution in [0.1, 0.15) is 16.7 Å². The van der Waals surface area contributed by atoms with Gasteiger partial charge >= 0.3 is 0 Å². The van der Waals surface area contributed by atoms with Gasteiger partial charge in [-0.05, 0) is 49.2 Å². The van der Waals surface area contributed by atoms with Crippen LogP contribution in [0.25, 0.3) is 17.0 Å². The van der Waals surface area contributed by atoms with Crippen LogP contribution in [0.2, 0.25) is 0 Å². The second kappa shape index (κ2) is 6.43. The minimum atomic E-state index is -0.411. The zero-order chi connectivity index (χ0) is 17.1. The van der Waals surface area contributed by atoms with E-state index in [0.29, 0.717) is 5.69 Å². The van der Waals surface area contributed by atoms with Crippen LogP contribution in [0, 0.1) is 25.2 Å². The highest BCUT2D eigenvalue weighted by Gasteiger charge is 2.11. The van der Waals surface area contributed by atoms with Gasteiger partial charge in [-0.3, -0.25) is 4.79 Å².